The minimum absolute atomic E-state index is 0.283. The summed E-state index contributed by atoms with van der Waals surface area (Å²) in [5.41, 5.74) is 4.28. The molecule has 0 aliphatic carbocycles. The van der Waals surface area contributed by atoms with E-state index in [4.69, 9.17) is 5.21 Å². The van der Waals surface area contributed by atoms with Crippen LogP contribution in [0.1, 0.15) is 33.1 Å². The predicted octanol–water partition coefficient (Wildman–Crippen LogP) is 4.49. The van der Waals surface area contributed by atoms with Crippen LogP contribution in [0.4, 0.5) is 0 Å². The Morgan fingerprint density at radius 2 is 1.54 bits per heavy atom. The fraction of sp³-hybridized carbons (Fsp3) is 0.100. The van der Waals surface area contributed by atoms with Crippen LogP contribution in [0.25, 0.3) is 16.8 Å². The highest BCUT2D eigenvalue weighted by Gasteiger charge is 2.29. The van der Waals surface area contributed by atoms with Crippen molar-refractivity contribution < 1.29 is 19.6 Å². The molecular weight excluding hydrogens is 466 g/mol. The second-order valence-corrected chi connectivity index (χ2v) is 8.56. The lowest BCUT2D eigenvalue weighted by Gasteiger charge is -2.28. The Bertz CT molecular complexity index is 1430. The summed E-state index contributed by atoms with van der Waals surface area (Å²) < 4.78 is 0. The molecule has 3 amide bonds. The third-order valence-electron chi connectivity index (χ3n) is 6.05. The molecule has 0 fully saturated rings. The molecular formula is C30H27N3O4. The molecule has 186 valence electrons. The van der Waals surface area contributed by atoms with Crippen molar-refractivity contribution in [1.29, 1.82) is 0 Å². The summed E-state index contributed by atoms with van der Waals surface area (Å²) in [7, 11) is 1.61. The predicted molar refractivity (Wildman–Crippen MR) is 142 cm³/mol. The van der Waals surface area contributed by atoms with Crippen LogP contribution < -0.4 is 10.8 Å². The minimum Gasteiger partial charge on any atom is -0.350 e. The number of fused-ring (bicyclic) bond motifs is 1. The van der Waals surface area contributed by atoms with E-state index in [2.05, 4.69) is 5.32 Å². The number of benzene rings is 4. The van der Waals surface area contributed by atoms with Gasteiger partial charge in [-0.2, -0.15) is 0 Å². The summed E-state index contributed by atoms with van der Waals surface area (Å²) in [5.74, 6) is -1.25. The first kappa shape index (κ1) is 25.3. The van der Waals surface area contributed by atoms with E-state index in [0.29, 0.717) is 23.2 Å². The second kappa shape index (κ2) is 11.8. The molecule has 0 bridgehead atoms. The summed E-state index contributed by atoms with van der Waals surface area (Å²) in [4.78, 5) is 39.7. The molecule has 3 N–H and O–H groups in total. The monoisotopic (exact) mass is 493 g/mol. The van der Waals surface area contributed by atoms with Crippen LogP contribution >= 0.6 is 0 Å². The Labute approximate surface area is 215 Å². The largest absolute Gasteiger partial charge is 0.350 e. The molecule has 1 unspecified atom stereocenters. The highest BCUT2D eigenvalue weighted by atomic mass is 16.5. The molecule has 4 aromatic carbocycles. The molecule has 4 rings (SSSR count). The van der Waals surface area contributed by atoms with Crippen LogP contribution in [-0.2, 0) is 16.1 Å². The number of carbonyl (C=O) groups is 3. The zero-order chi connectivity index (χ0) is 26.2. The number of nitrogens with zero attached hydrogens (tertiary/aromatic N) is 1. The van der Waals surface area contributed by atoms with Crippen molar-refractivity contribution >= 4 is 34.6 Å². The maximum Gasteiger partial charge on any atom is 0.267 e. The summed E-state index contributed by atoms with van der Waals surface area (Å²) in [6, 6.07) is 28.9. The smallest absolute Gasteiger partial charge is 0.267 e. The second-order valence-electron chi connectivity index (χ2n) is 8.56. The first-order chi connectivity index (χ1) is 18.0. The Balaban J connectivity index is 1.62. The van der Waals surface area contributed by atoms with Gasteiger partial charge >= 0.3 is 0 Å². The van der Waals surface area contributed by atoms with Crippen molar-refractivity contribution in [1.82, 2.24) is 15.7 Å². The van der Waals surface area contributed by atoms with Crippen molar-refractivity contribution in [3.8, 4) is 0 Å². The van der Waals surface area contributed by atoms with Crippen molar-refractivity contribution in [3.63, 3.8) is 0 Å². The molecule has 1 atom stereocenters. The number of nitrogens with one attached hydrogen (secondary N) is 2. The molecule has 4 aromatic rings. The zero-order valence-corrected chi connectivity index (χ0v) is 20.3. The normalized spacial score (nSPS) is 11.7. The van der Waals surface area contributed by atoms with Crippen molar-refractivity contribution in [2.75, 3.05) is 7.05 Å². The van der Waals surface area contributed by atoms with Gasteiger partial charge in [-0.1, -0.05) is 84.9 Å². The topological polar surface area (TPSA) is 98.7 Å². The number of amides is 3. The Hall–Kier alpha value is -4.75. The van der Waals surface area contributed by atoms with Crippen molar-refractivity contribution in [3.05, 3.63) is 125 Å². The molecule has 7 nitrogen and oxygen atoms in total. The quantitative estimate of drug-likeness (QED) is 0.191. The van der Waals surface area contributed by atoms with E-state index in [1.165, 1.54) is 22.5 Å². The van der Waals surface area contributed by atoms with Gasteiger partial charge in [0.05, 0.1) is 0 Å². The first-order valence-electron chi connectivity index (χ1n) is 11.8. The lowest BCUT2D eigenvalue weighted by Crippen LogP contribution is -2.41. The van der Waals surface area contributed by atoms with E-state index in [9.17, 15) is 14.4 Å². The Kier molecular flexibility index (Phi) is 8.08. The lowest BCUT2D eigenvalue weighted by atomic mass is 10.0. The Morgan fingerprint density at radius 3 is 2.24 bits per heavy atom. The van der Waals surface area contributed by atoms with Crippen LogP contribution in [0.15, 0.2) is 103 Å². The lowest BCUT2D eigenvalue weighted by molar-refractivity contribution is -0.126. The molecule has 0 saturated heterocycles. The highest BCUT2D eigenvalue weighted by Crippen LogP contribution is 2.24. The fourth-order valence-electron chi connectivity index (χ4n) is 4.07. The van der Waals surface area contributed by atoms with Crippen molar-refractivity contribution in [2.24, 2.45) is 0 Å². The van der Waals surface area contributed by atoms with E-state index in [-0.39, 0.29) is 11.8 Å². The number of hydrogen-bond donors (Lipinski definition) is 3. The van der Waals surface area contributed by atoms with Gasteiger partial charge in [0.1, 0.15) is 6.04 Å². The number of hydroxylamine groups is 1. The average molecular weight is 494 g/mol. The van der Waals surface area contributed by atoms with Crippen LogP contribution in [-0.4, -0.2) is 34.9 Å². The van der Waals surface area contributed by atoms with Gasteiger partial charge in [-0.25, -0.2) is 5.48 Å². The number of carbonyl (C=O) groups excluding carboxylic acids is 3. The SMILES string of the molecule is CN(C(=O)c1ccc2ccccc2c1)C(C(=O)NCc1ccccc1)c1ccc(C=CC(=O)NO)cc1. The standard InChI is InChI=1S/C30H27N3O4/c1-33(30(36)26-17-16-23-9-5-6-10-25(23)19-26)28(29(35)31-20-22-7-3-2-4-8-22)24-14-11-21(12-15-24)13-18-27(34)32-37/h2-19,28,37H,20H2,1H3,(H,31,35)(H,32,34). The molecule has 0 spiro atoms. The van der Waals surface area contributed by atoms with Gasteiger partial charge < -0.3 is 10.2 Å². The third kappa shape index (κ3) is 6.28. The highest BCUT2D eigenvalue weighted by molar-refractivity contribution is 6.01. The molecule has 0 aromatic heterocycles. The van der Waals surface area contributed by atoms with Crippen LogP contribution in [0.2, 0.25) is 0 Å². The number of hydrogen-bond acceptors (Lipinski definition) is 4. The van der Waals surface area contributed by atoms with E-state index in [0.717, 1.165) is 16.3 Å². The summed E-state index contributed by atoms with van der Waals surface area (Å²) in [6.45, 7) is 0.325. The molecule has 37 heavy (non-hydrogen) atoms. The first-order valence-corrected chi connectivity index (χ1v) is 11.8. The molecule has 0 radical (unpaired) electrons. The average Bonchev–Trinajstić information content (AvgIpc) is 2.95. The fourth-order valence-corrected chi connectivity index (χ4v) is 4.07. The summed E-state index contributed by atoms with van der Waals surface area (Å²) in [5, 5.41) is 13.6. The van der Waals surface area contributed by atoms with Gasteiger partial charge in [0, 0.05) is 25.2 Å². The molecule has 0 heterocycles. The molecule has 7 heteroatoms. The number of rotatable bonds is 8. The summed E-state index contributed by atoms with van der Waals surface area (Å²) in [6.07, 6.45) is 2.72. The van der Waals surface area contributed by atoms with Gasteiger partial charge in [0.2, 0.25) is 5.91 Å². The number of likely N-dealkylation sites (N-methyl/N-ethyl adjacent to an activating group) is 1. The zero-order valence-electron chi connectivity index (χ0n) is 20.3. The van der Waals surface area contributed by atoms with Gasteiger partial charge in [0.25, 0.3) is 11.8 Å². The van der Waals surface area contributed by atoms with E-state index < -0.39 is 11.9 Å². The molecule has 0 aliphatic rings. The van der Waals surface area contributed by atoms with Crippen molar-refractivity contribution in [2.45, 2.75) is 12.6 Å². The van der Waals surface area contributed by atoms with E-state index in [1.54, 1.807) is 37.4 Å². The molecule has 0 saturated carbocycles. The third-order valence-corrected chi connectivity index (χ3v) is 6.05. The van der Waals surface area contributed by atoms with Gasteiger partial charge in [0.15, 0.2) is 0 Å². The van der Waals surface area contributed by atoms with E-state index in [1.807, 2.05) is 66.7 Å². The summed E-state index contributed by atoms with van der Waals surface area (Å²) >= 11 is 0. The van der Waals surface area contributed by atoms with Crippen LogP contribution in [0.3, 0.4) is 0 Å². The van der Waals surface area contributed by atoms with E-state index >= 15 is 0 Å². The van der Waals surface area contributed by atoms with Gasteiger partial charge in [-0.15, -0.1) is 0 Å². The molecule has 0 aliphatic heterocycles. The maximum absolute atomic E-state index is 13.5. The Morgan fingerprint density at radius 1 is 0.865 bits per heavy atom. The van der Waals surface area contributed by atoms with Gasteiger partial charge in [-0.3, -0.25) is 19.6 Å². The van der Waals surface area contributed by atoms with Crippen LogP contribution in [0, 0.1) is 0 Å². The maximum atomic E-state index is 13.5. The minimum atomic E-state index is -0.888. The van der Waals surface area contributed by atoms with Gasteiger partial charge in [-0.05, 0) is 45.7 Å². The van der Waals surface area contributed by atoms with Crippen LogP contribution in [0.5, 0.6) is 0 Å².